The van der Waals surface area contributed by atoms with Crippen LogP contribution >= 0.6 is 0 Å². The van der Waals surface area contributed by atoms with Gasteiger partial charge in [-0.15, -0.1) is 0 Å². The van der Waals surface area contributed by atoms with Gasteiger partial charge in [-0.1, -0.05) is 0 Å². The van der Waals surface area contributed by atoms with E-state index in [1.807, 2.05) is 0 Å². The van der Waals surface area contributed by atoms with Gasteiger partial charge in [-0.2, -0.15) is 0 Å². The van der Waals surface area contributed by atoms with Crippen LogP contribution in [0.5, 0.6) is 0 Å². The molecule has 2 fully saturated rings. The van der Waals surface area contributed by atoms with Crippen molar-refractivity contribution in [1.29, 1.82) is 0 Å². The topological polar surface area (TPSA) is 232 Å². The molecule has 0 aliphatic carbocycles. The highest BCUT2D eigenvalue weighted by Crippen LogP contribution is 2.32. The Hall–Kier alpha value is -3.87. The highest BCUT2D eigenvalue weighted by atomic mass is 16.7. The van der Waals surface area contributed by atoms with Crippen molar-refractivity contribution in [2.75, 3.05) is 13.2 Å². The van der Waals surface area contributed by atoms with Crippen molar-refractivity contribution in [3.05, 3.63) is 0 Å². The minimum absolute atomic E-state index is 0.523. The van der Waals surface area contributed by atoms with Gasteiger partial charge < -0.3 is 52.5 Å². The Morgan fingerprint density at radius 1 is 0.477 bits per heavy atom. The third-order valence-electron chi connectivity index (χ3n) is 5.89. The van der Waals surface area contributed by atoms with E-state index in [2.05, 4.69) is 0 Å². The number of ether oxygens (including phenoxy) is 10. The first kappa shape index (κ1) is 36.3. The van der Waals surface area contributed by atoms with Crippen molar-refractivity contribution >= 4 is 41.8 Å². The molecule has 18 heteroatoms. The Kier molecular flexibility index (Phi) is 13.4. The normalized spacial score (nSPS) is 31.5. The number of esters is 7. The fourth-order valence-corrected chi connectivity index (χ4v) is 4.52. The molecule has 0 aromatic heterocycles. The Morgan fingerprint density at radius 3 is 1.27 bits per heavy atom. The van der Waals surface area contributed by atoms with Crippen LogP contribution in [0.2, 0.25) is 0 Å². The number of carbonyl (C=O) groups is 7. The largest absolute Gasteiger partial charge is 0.463 e. The monoisotopic (exact) mass is 636 g/mol. The summed E-state index contributed by atoms with van der Waals surface area (Å²) < 4.78 is 53.7. The van der Waals surface area contributed by atoms with Crippen molar-refractivity contribution in [2.24, 2.45) is 0 Å². The Labute approximate surface area is 251 Å². The summed E-state index contributed by atoms with van der Waals surface area (Å²) in [4.78, 5) is 83.0. The first-order valence-corrected chi connectivity index (χ1v) is 13.3. The van der Waals surface area contributed by atoms with Crippen LogP contribution in [0.1, 0.15) is 48.5 Å². The molecule has 10 atom stereocenters. The van der Waals surface area contributed by atoms with Crippen LogP contribution in [-0.2, 0) is 80.9 Å². The predicted molar refractivity (Wildman–Crippen MR) is 135 cm³/mol. The van der Waals surface area contributed by atoms with E-state index < -0.39 is 116 Å². The minimum atomic E-state index is -1.90. The number of aliphatic hydroxyl groups is 1. The van der Waals surface area contributed by atoms with Crippen LogP contribution in [0.25, 0.3) is 0 Å². The highest BCUT2D eigenvalue weighted by Gasteiger charge is 2.55. The van der Waals surface area contributed by atoms with Gasteiger partial charge in [-0.25, -0.2) is 0 Å². The summed E-state index contributed by atoms with van der Waals surface area (Å²) in [6.45, 7) is 6.15. The van der Waals surface area contributed by atoms with Crippen LogP contribution < -0.4 is 0 Å². The molecule has 248 valence electrons. The van der Waals surface area contributed by atoms with Crippen LogP contribution in [0.4, 0.5) is 0 Å². The minimum Gasteiger partial charge on any atom is -0.463 e. The molecule has 2 saturated heterocycles. The van der Waals surface area contributed by atoms with Gasteiger partial charge in [0.25, 0.3) is 0 Å². The van der Waals surface area contributed by atoms with Gasteiger partial charge >= 0.3 is 41.8 Å². The second-order valence-electron chi connectivity index (χ2n) is 9.69. The molecule has 2 aliphatic rings. The van der Waals surface area contributed by atoms with E-state index in [1.165, 1.54) is 0 Å². The summed E-state index contributed by atoms with van der Waals surface area (Å²) in [7, 11) is 0. The zero-order chi connectivity index (χ0) is 33.3. The molecule has 44 heavy (non-hydrogen) atoms. The van der Waals surface area contributed by atoms with E-state index in [9.17, 15) is 38.7 Å². The maximum absolute atomic E-state index is 12.1. The molecule has 18 nitrogen and oxygen atoms in total. The Bertz CT molecular complexity index is 1090. The molecular formula is C26H36O18. The van der Waals surface area contributed by atoms with E-state index in [1.54, 1.807) is 0 Å². The molecule has 0 bridgehead atoms. The van der Waals surface area contributed by atoms with E-state index in [-0.39, 0.29) is 0 Å². The zero-order valence-electron chi connectivity index (χ0n) is 25.1. The van der Waals surface area contributed by atoms with E-state index in [0.29, 0.717) is 0 Å². The molecule has 0 spiro atoms. The van der Waals surface area contributed by atoms with Crippen molar-refractivity contribution in [3.63, 3.8) is 0 Å². The summed E-state index contributed by atoms with van der Waals surface area (Å²) in [5, 5.41) is 10.6. The third-order valence-corrected chi connectivity index (χ3v) is 5.89. The second kappa shape index (κ2) is 16.3. The standard InChI is InChI=1S/C26H36O18/c1-10(27)35-8-18-20(38-12(3)29)22(40-14(5)31)24(42-16(7)33)26(44-18)36-9-17-19(37-11(2)28)21(39-13(4)30)23(25(34)43-17)41-15(6)32/h17-26,34H,8-9H2,1-7H3/t17-,18-,19-,20+,21+,22+,23-,24-,25+,26+/m1/s1. The van der Waals surface area contributed by atoms with E-state index in [0.717, 1.165) is 48.5 Å². The van der Waals surface area contributed by atoms with Crippen LogP contribution in [0, 0.1) is 0 Å². The number of hydrogen-bond donors (Lipinski definition) is 1. The molecule has 1 N–H and O–H groups in total. The SMILES string of the molecule is CC(=O)OC[C@H]1O[C@H](OC[C@H]2O[C@H](O)[C@H](OC(C)=O)[C@@H](OC(C)=O)[C@@H]2OC(C)=O)[C@H](OC(C)=O)[C@@H](OC(C)=O)[C@H]1OC(C)=O. The summed E-state index contributed by atoms with van der Waals surface area (Å²) in [5.74, 6) is -5.94. The van der Waals surface area contributed by atoms with Gasteiger partial charge in [0.1, 0.15) is 18.8 Å². The summed E-state index contributed by atoms with van der Waals surface area (Å²) >= 11 is 0. The average molecular weight is 637 g/mol. The lowest BCUT2D eigenvalue weighted by Gasteiger charge is -2.45. The molecule has 0 radical (unpaired) electrons. The number of rotatable bonds is 11. The van der Waals surface area contributed by atoms with Gasteiger partial charge in [0.2, 0.25) is 0 Å². The number of hydrogen-bond acceptors (Lipinski definition) is 18. The number of aliphatic hydroxyl groups excluding tert-OH is 1. The van der Waals surface area contributed by atoms with Crippen LogP contribution in [-0.4, -0.2) is 122 Å². The summed E-state index contributed by atoms with van der Waals surface area (Å²) in [5.41, 5.74) is 0. The molecule has 2 heterocycles. The first-order chi connectivity index (χ1) is 20.5. The second-order valence-corrected chi connectivity index (χ2v) is 9.69. The van der Waals surface area contributed by atoms with Crippen molar-refractivity contribution in [2.45, 2.75) is 110 Å². The van der Waals surface area contributed by atoms with Gasteiger partial charge in [0.15, 0.2) is 49.2 Å². The molecule has 2 aliphatic heterocycles. The lowest BCUT2D eigenvalue weighted by atomic mass is 9.97. The van der Waals surface area contributed by atoms with Gasteiger partial charge in [0.05, 0.1) is 6.61 Å². The van der Waals surface area contributed by atoms with Crippen LogP contribution in [0.3, 0.4) is 0 Å². The summed E-state index contributed by atoms with van der Waals surface area (Å²) in [6.07, 6.45) is -15.6. The molecule has 2 rings (SSSR count). The number of carbonyl (C=O) groups excluding carboxylic acids is 7. The predicted octanol–water partition coefficient (Wildman–Crippen LogP) is -1.40. The quantitative estimate of drug-likeness (QED) is 0.203. The van der Waals surface area contributed by atoms with Gasteiger partial charge in [-0.3, -0.25) is 33.6 Å². The lowest BCUT2D eigenvalue weighted by Crippen LogP contribution is -2.64. The average Bonchev–Trinajstić information content (AvgIpc) is 2.87. The molecule has 0 amide bonds. The van der Waals surface area contributed by atoms with Crippen molar-refractivity contribution in [1.82, 2.24) is 0 Å². The molecule has 0 aromatic carbocycles. The zero-order valence-corrected chi connectivity index (χ0v) is 25.1. The molecular weight excluding hydrogens is 600 g/mol. The Morgan fingerprint density at radius 2 is 0.841 bits per heavy atom. The van der Waals surface area contributed by atoms with Gasteiger partial charge in [0, 0.05) is 48.5 Å². The van der Waals surface area contributed by atoms with Gasteiger partial charge in [-0.05, 0) is 0 Å². The van der Waals surface area contributed by atoms with Crippen molar-refractivity contribution in [3.8, 4) is 0 Å². The maximum Gasteiger partial charge on any atom is 0.303 e. The highest BCUT2D eigenvalue weighted by molar-refractivity contribution is 5.69. The summed E-state index contributed by atoms with van der Waals surface area (Å²) in [6, 6.07) is 0. The van der Waals surface area contributed by atoms with E-state index in [4.69, 9.17) is 47.4 Å². The smallest absolute Gasteiger partial charge is 0.303 e. The molecule has 0 aromatic rings. The molecule has 0 unspecified atom stereocenters. The molecule has 0 saturated carbocycles. The fourth-order valence-electron chi connectivity index (χ4n) is 4.52. The van der Waals surface area contributed by atoms with Crippen molar-refractivity contribution < 1.29 is 86.0 Å². The maximum atomic E-state index is 12.1. The van der Waals surface area contributed by atoms with E-state index >= 15 is 0 Å². The fraction of sp³-hybridized carbons (Fsp3) is 0.731. The van der Waals surface area contributed by atoms with Crippen LogP contribution in [0.15, 0.2) is 0 Å². The first-order valence-electron chi connectivity index (χ1n) is 13.3. The lowest BCUT2D eigenvalue weighted by molar-refractivity contribution is -0.330. The Balaban J connectivity index is 2.48. The third kappa shape index (κ3) is 10.7.